The number of hydrogen-bond donors (Lipinski definition) is 3. The molecule has 1 aromatic rings. The molecule has 162 valence electrons. The maximum absolute atomic E-state index is 12.3. The number of rotatable bonds is 11. The monoisotopic (exact) mass is 407 g/mol. The third-order valence-electron chi connectivity index (χ3n) is 3.77. The van der Waals surface area contributed by atoms with E-state index in [1.807, 2.05) is 30.3 Å². The van der Waals surface area contributed by atoms with Gasteiger partial charge in [-0.15, -0.1) is 0 Å². The Morgan fingerprint density at radius 1 is 1.07 bits per heavy atom. The van der Waals surface area contributed by atoms with E-state index < -0.39 is 23.7 Å². The first-order valence-electron chi connectivity index (χ1n) is 9.82. The second-order valence-corrected chi connectivity index (χ2v) is 7.67. The van der Waals surface area contributed by atoms with E-state index in [0.29, 0.717) is 25.8 Å². The second-order valence-electron chi connectivity index (χ2n) is 7.67. The molecule has 0 aliphatic rings. The zero-order chi connectivity index (χ0) is 21.7. The van der Waals surface area contributed by atoms with Gasteiger partial charge < -0.3 is 25.4 Å². The molecule has 0 aliphatic carbocycles. The van der Waals surface area contributed by atoms with Gasteiger partial charge in [0.1, 0.15) is 18.2 Å². The van der Waals surface area contributed by atoms with Crippen LogP contribution in [0.5, 0.6) is 0 Å². The molecule has 1 atom stereocenters. The number of carbonyl (C=O) groups excluding carboxylic acids is 3. The number of ether oxygens (including phenoxy) is 2. The Morgan fingerprint density at radius 3 is 2.38 bits per heavy atom. The number of amides is 2. The lowest BCUT2D eigenvalue weighted by Crippen LogP contribution is -2.46. The van der Waals surface area contributed by atoms with Crippen LogP contribution >= 0.6 is 0 Å². The van der Waals surface area contributed by atoms with Crippen LogP contribution in [0.4, 0.5) is 4.79 Å². The van der Waals surface area contributed by atoms with E-state index in [4.69, 9.17) is 9.47 Å². The van der Waals surface area contributed by atoms with Crippen molar-refractivity contribution in [3.05, 3.63) is 35.9 Å². The fourth-order valence-electron chi connectivity index (χ4n) is 2.47. The van der Waals surface area contributed by atoms with Crippen molar-refractivity contribution in [2.45, 2.75) is 58.3 Å². The molecule has 0 heterocycles. The normalized spacial score (nSPS) is 12.0. The van der Waals surface area contributed by atoms with Gasteiger partial charge in [0.25, 0.3) is 0 Å². The van der Waals surface area contributed by atoms with Gasteiger partial charge in [-0.1, -0.05) is 30.3 Å². The number of alkyl carbamates (subject to hydrolysis) is 1. The van der Waals surface area contributed by atoms with Crippen LogP contribution in [0.25, 0.3) is 0 Å². The summed E-state index contributed by atoms with van der Waals surface area (Å²) in [4.78, 5) is 35.9. The Morgan fingerprint density at radius 2 is 1.76 bits per heavy atom. The van der Waals surface area contributed by atoms with Crippen molar-refractivity contribution in [1.29, 1.82) is 0 Å². The maximum Gasteiger partial charge on any atom is 0.407 e. The van der Waals surface area contributed by atoms with E-state index in [1.165, 1.54) is 0 Å². The number of unbranched alkanes of at least 4 members (excludes halogenated alkanes) is 1. The smallest absolute Gasteiger partial charge is 0.407 e. The van der Waals surface area contributed by atoms with Gasteiger partial charge in [0.15, 0.2) is 0 Å². The van der Waals surface area contributed by atoms with Crippen LogP contribution in [0.1, 0.15) is 45.6 Å². The SMILES string of the molecule is CNCC(=O)N[C@@H](CCCCNC(=O)OCc1ccccc1)C(=O)OC(C)(C)C. The molecule has 0 saturated heterocycles. The molecule has 1 aromatic carbocycles. The molecule has 0 bridgehead atoms. The number of benzene rings is 1. The van der Waals surface area contributed by atoms with Gasteiger partial charge in [-0.3, -0.25) is 4.79 Å². The van der Waals surface area contributed by atoms with Crippen LogP contribution < -0.4 is 16.0 Å². The molecule has 3 N–H and O–H groups in total. The number of esters is 1. The van der Waals surface area contributed by atoms with Crippen LogP contribution in [0, 0.1) is 0 Å². The Balaban J connectivity index is 2.34. The minimum atomic E-state index is -0.722. The highest BCUT2D eigenvalue weighted by Crippen LogP contribution is 2.11. The van der Waals surface area contributed by atoms with Crippen molar-refractivity contribution >= 4 is 18.0 Å². The maximum atomic E-state index is 12.3. The average molecular weight is 408 g/mol. The predicted octanol–water partition coefficient (Wildman–Crippen LogP) is 2.13. The molecule has 29 heavy (non-hydrogen) atoms. The molecule has 8 heteroatoms. The largest absolute Gasteiger partial charge is 0.458 e. The predicted molar refractivity (Wildman–Crippen MR) is 110 cm³/mol. The number of nitrogens with one attached hydrogen (secondary N) is 3. The molecule has 0 saturated carbocycles. The van der Waals surface area contributed by atoms with Gasteiger partial charge in [-0.05, 0) is 52.6 Å². The van der Waals surface area contributed by atoms with E-state index in [-0.39, 0.29) is 19.1 Å². The van der Waals surface area contributed by atoms with Crippen molar-refractivity contribution in [3.8, 4) is 0 Å². The van der Waals surface area contributed by atoms with Gasteiger partial charge in [0, 0.05) is 6.54 Å². The van der Waals surface area contributed by atoms with E-state index in [2.05, 4.69) is 16.0 Å². The Hall–Kier alpha value is -2.61. The number of likely N-dealkylation sites (N-methyl/N-ethyl adjacent to an activating group) is 1. The summed E-state index contributed by atoms with van der Waals surface area (Å²) in [5.41, 5.74) is 0.285. The molecule has 0 aliphatic heterocycles. The van der Waals surface area contributed by atoms with Gasteiger partial charge in [0.05, 0.1) is 6.54 Å². The van der Waals surface area contributed by atoms with E-state index in [1.54, 1.807) is 27.8 Å². The topological polar surface area (TPSA) is 106 Å². The van der Waals surface area contributed by atoms with Gasteiger partial charge >= 0.3 is 12.1 Å². The Labute approximate surface area is 172 Å². The molecule has 0 radical (unpaired) electrons. The first-order chi connectivity index (χ1) is 13.7. The molecule has 2 amide bonds. The lowest BCUT2D eigenvalue weighted by Gasteiger charge is -2.24. The molecular formula is C21H33N3O5. The lowest BCUT2D eigenvalue weighted by molar-refractivity contribution is -0.158. The first-order valence-corrected chi connectivity index (χ1v) is 9.82. The van der Waals surface area contributed by atoms with Crippen LogP contribution in [0.3, 0.4) is 0 Å². The summed E-state index contributed by atoms with van der Waals surface area (Å²) in [7, 11) is 1.66. The van der Waals surface area contributed by atoms with E-state index in [9.17, 15) is 14.4 Å². The third kappa shape index (κ3) is 11.7. The highest BCUT2D eigenvalue weighted by Gasteiger charge is 2.26. The number of hydrogen-bond acceptors (Lipinski definition) is 6. The summed E-state index contributed by atoms with van der Waals surface area (Å²) in [6, 6.07) is 8.70. The average Bonchev–Trinajstić information content (AvgIpc) is 2.64. The van der Waals surface area contributed by atoms with Crippen molar-refractivity contribution in [1.82, 2.24) is 16.0 Å². The van der Waals surface area contributed by atoms with Crippen LogP contribution in [0.2, 0.25) is 0 Å². The minimum absolute atomic E-state index is 0.119. The fourth-order valence-corrected chi connectivity index (χ4v) is 2.47. The van der Waals surface area contributed by atoms with E-state index >= 15 is 0 Å². The van der Waals surface area contributed by atoms with Crippen molar-refractivity contribution in [3.63, 3.8) is 0 Å². The highest BCUT2D eigenvalue weighted by molar-refractivity contribution is 5.85. The minimum Gasteiger partial charge on any atom is -0.458 e. The quantitative estimate of drug-likeness (QED) is 0.383. The van der Waals surface area contributed by atoms with Crippen molar-refractivity contribution < 1.29 is 23.9 Å². The summed E-state index contributed by atoms with van der Waals surface area (Å²) in [6.07, 6.45) is 1.20. The van der Waals surface area contributed by atoms with Gasteiger partial charge in [-0.25, -0.2) is 9.59 Å². The number of carbonyl (C=O) groups is 3. The summed E-state index contributed by atoms with van der Waals surface area (Å²) in [5, 5.41) is 8.12. The lowest BCUT2D eigenvalue weighted by atomic mass is 10.1. The molecular weight excluding hydrogens is 374 g/mol. The van der Waals surface area contributed by atoms with Crippen molar-refractivity contribution in [2.75, 3.05) is 20.1 Å². The van der Waals surface area contributed by atoms with Crippen LogP contribution in [-0.4, -0.2) is 49.7 Å². The molecule has 0 aromatic heterocycles. The van der Waals surface area contributed by atoms with Gasteiger partial charge in [-0.2, -0.15) is 0 Å². The van der Waals surface area contributed by atoms with Crippen LogP contribution in [0.15, 0.2) is 30.3 Å². The zero-order valence-electron chi connectivity index (χ0n) is 17.7. The van der Waals surface area contributed by atoms with Gasteiger partial charge in [0.2, 0.25) is 5.91 Å². The molecule has 0 spiro atoms. The fraction of sp³-hybridized carbons (Fsp3) is 0.571. The Kier molecular flexibility index (Phi) is 10.8. The first kappa shape index (κ1) is 24.4. The second kappa shape index (κ2) is 12.8. The summed E-state index contributed by atoms with van der Waals surface area (Å²) in [5.74, 6) is -0.733. The zero-order valence-corrected chi connectivity index (χ0v) is 17.7. The molecule has 1 rings (SSSR count). The highest BCUT2D eigenvalue weighted by atomic mass is 16.6. The Bertz CT molecular complexity index is 643. The van der Waals surface area contributed by atoms with Crippen LogP contribution in [-0.2, 0) is 25.7 Å². The molecule has 0 unspecified atom stereocenters. The standard InChI is InChI=1S/C21H33N3O5/c1-21(2,3)29-19(26)17(24-18(25)14-22-4)12-8-9-13-23-20(27)28-15-16-10-6-5-7-11-16/h5-7,10-11,17,22H,8-9,12-15H2,1-4H3,(H,23,27)(H,24,25)/t17-/m0/s1. The van der Waals surface area contributed by atoms with E-state index in [0.717, 1.165) is 5.56 Å². The summed E-state index contributed by atoms with van der Waals surface area (Å²) >= 11 is 0. The molecule has 0 fully saturated rings. The summed E-state index contributed by atoms with van der Waals surface area (Å²) in [6.45, 7) is 6.09. The third-order valence-corrected chi connectivity index (χ3v) is 3.77. The van der Waals surface area contributed by atoms with Crippen molar-refractivity contribution in [2.24, 2.45) is 0 Å². The molecule has 8 nitrogen and oxygen atoms in total. The summed E-state index contributed by atoms with van der Waals surface area (Å²) < 4.78 is 10.5.